The van der Waals surface area contributed by atoms with Gasteiger partial charge in [0.1, 0.15) is 11.2 Å². The number of nitrogens with zero attached hydrogens (tertiary/aromatic N) is 3. The van der Waals surface area contributed by atoms with E-state index in [0.717, 1.165) is 60.9 Å². The van der Waals surface area contributed by atoms with E-state index in [0.29, 0.717) is 18.2 Å². The van der Waals surface area contributed by atoms with Crippen LogP contribution in [0, 0.1) is 0 Å². The molecule has 2 aliphatic rings. The van der Waals surface area contributed by atoms with E-state index in [1.807, 2.05) is 36.4 Å². The summed E-state index contributed by atoms with van der Waals surface area (Å²) in [7, 11) is 0. The molecule has 0 saturated heterocycles. The molecule has 0 aliphatic heterocycles. The SMILES string of the molecule is C=NC(=NC(=NCc1ccccc1)c1ccc(-c2ccccc2)cc1)c1cccc2oc3ccc(-c4ccc5c(c4)C4(c6ccccc6-c6ccccc64)c4ccccc4-5)cc3c12. The Morgan fingerprint density at radius 2 is 1.00 bits per heavy atom. The van der Waals surface area contributed by atoms with Crippen LogP contribution in [0.1, 0.15) is 38.9 Å². The summed E-state index contributed by atoms with van der Waals surface area (Å²) in [6, 6.07) is 75.4. The molecule has 1 heterocycles. The van der Waals surface area contributed by atoms with Gasteiger partial charge in [-0.15, -0.1) is 0 Å². The van der Waals surface area contributed by atoms with Gasteiger partial charge in [0, 0.05) is 21.9 Å². The first-order valence-electron chi connectivity index (χ1n) is 21.4. The Morgan fingerprint density at radius 3 is 1.67 bits per heavy atom. The highest BCUT2D eigenvalue weighted by molar-refractivity contribution is 6.22. The van der Waals surface area contributed by atoms with Crippen LogP contribution in [0.5, 0.6) is 0 Å². The Bertz CT molecular complexity index is 3420. The molecular formula is C59H39N3O. The third-order valence-electron chi connectivity index (χ3n) is 12.9. The van der Waals surface area contributed by atoms with Crippen molar-refractivity contribution in [2.45, 2.75) is 12.0 Å². The van der Waals surface area contributed by atoms with E-state index in [1.165, 1.54) is 44.5 Å². The van der Waals surface area contributed by atoms with Crippen LogP contribution < -0.4 is 0 Å². The second-order valence-electron chi connectivity index (χ2n) is 16.3. The maximum Gasteiger partial charge on any atom is 0.161 e. The van der Waals surface area contributed by atoms with Crippen LogP contribution in [-0.4, -0.2) is 18.4 Å². The molecule has 0 radical (unpaired) electrons. The summed E-state index contributed by atoms with van der Waals surface area (Å²) in [6.07, 6.45) is 0. The lowest BCUT2D eigenvalue weighted by Crippen LogP contribution is -2.25. The quantitative estimate of drug-likeness (QED) is 0.122. The third-order valence-corrected chi connectivity index (χ3v) is 12.9. The number of aliphatic imine (C=N–C) groups is 3. The summed E-state index contributed by atoms with van der Waals surface area (Å²) in [5.41, 5.74) is 18.9. The number of benzene rings is 9. The first kappa shape index (κ1) is 36.6. The molecule has 1 aromatic heterocycles. The van der Waals surface area contributed by atoms with Gasteiger partial charge in [-0.2, -0.15) is 0 Å². The largest absolute Gasteiger partial charge is 0.456 e. The molecule has 10 aromatic rings. The molecule has 0 unspecified atom stereocenters. The highest BCUT2D eigenvalue weighted by atomic mass is 16.3. The Morgan fingerprint density at radius 1 is 0.444 bits per heavy atom. The normalized spacial score (nSPS) is 13.5. The van der Waals surface area contributed by atoms with E-state index in [-0.39, 0.29) is 0 Å². The number of rotatable bonds is 6. The summed E-state index contributed by atoms with van der Waals surface area (Å²) in [4.78, 5) is 14.9. The van der Waals surface area contributed by atoms with Crippen LogP contribution >= 0.6 is 0 Å². The summed E-state index contributed by atoms with van der Waals surface area (Å²) in [5, 5.41) is 1.92. The predicted octanol–water partition coefficient (Wildman–Crippen LogP) is 14.4. The first-order chi connectivity index (χ1) is 31.2. The summed E-state index contributed by atoms with van der Waals surface area (Å²) in [5.74, 6) is 1.05. The molecule has 0 bridgehead atoms. The minimum Gasteiger partial charge on any atom is -0.456 e. The zero-order valence-electron chi connectivity index (χ0n) is 34.4. The number of hydrogen-bond donors (Lipinski definition) is 0. The fraction of sp³-hybridized carbons (Fsp3) is 0.0339. The Labute approximate surface area is 365 Å². The lowest BCUT2D eigenvalue weighted by molar-refractivity contribution is 0.669. The van der Waals surface area contributed by atoms with Gasteiger partial charge in [-0.05, 0) is 103 Å². The van der Waals surface area contributed by atoms with E-state index >= 15 is 0 Å². The van der Waals surface area contributed by atoms with E-state index in [1.54, 1.807) is 0 Å². The number of hydrogen-bond acceptors (Lipinski definition) is 2. The van der Waals surface area contributed by atoms with Crippen LogP contribution in [0.4, 0.5) is 0 Å². The standard InChI is InChI=1S/C59H39N3O/c1-60-58(62-57(61-37-38-15-4-2-5-16-38)41-29-27-40(28-30-41)39-17-6-3-7-18-39)48-22-14-26-55-56(48)49-35-42(32-34-54(49)63-55)43-31-33-47-46-21-10-13-25-52(46)59(53(47)36-43)50-23-11-8-19-44(50)45-20-9-12-24-51(45)59/h2-36H,1,37H2. The molecule has 2 aliphatic carbocycles. The second kappa shape index (κ2) is 14.8. The van der Waals surface area contributed by atoms with Crippen LogP contribution in [0.15, 0.2) is 232 Å². The predicted molar refractivity (Wildman–Crippen MR) is 260 cm³/mol. The summed E-state index contributed by atoms with van der Waals surface area (Å²) >= 11 is 0. The highest BCUT2D eigenvalue weighted by Gasteiger charge is 2.51. The molecule has 12 rings (SSSR count). The van der Waals surface area contributed by atoms with Crippen molar-refractivity contribution >= 4 is 40.3 Å². The minimum absolute atomic E-state index is 0.419. The van der Waals surface area contributed by atoms with Crippen molar-refractivity contribution in [3.05, 3.63) is 251 Å². The topological polar surface area (TPSA) is 50.2 Å². The molecule has 1 spiro atoms. The maximum atomic E-state index is 6.55. The molecule has 4 heteroatoms. The fourth-order valence-electron chi connectivity index (χ4n) is 10.1. The summed E-state index contributed by atoms with van der Waals surface area (Å²) in [6.45, 7) is 4.51. The molecule has 0 fully saturated rings. The van der Waals surface area contributed by atoms with Crippen molar-refractivity contribution in [1.29, 1.82) is 0 Å². The third kappa shape index (κ3) is 5.79. The molecule has 9 aromatic carbocycles. The Balaban J connectivity index is 0.993. The van der Waals surface area contributed by atoms with E-state index < -0.39 is 5.41 Å². The second-order valence-corrected chi connectivity index (χ2v) is 16.3. The van der Waals surface area contributed by atoms with E-state index in [2.05, 4.69) is 188 Å². The smallest absolute Gasteiger partial charge is 0.161 e. The van der Waals surface area contributed by atoms with Gasteiger partial charge >= 0.3 is 0 Å². The molecule has 0 saturated carbocycles. The van der Waals surface area contributed by atoms with Crippen LogP contribution in [0.3, 0.4) is 0 Å². The molecule has 0 atom stereocenters. The molecular weight excluding hydrogens is 767 g/mol. The highest BCUT2D eigenvalue weighted by Crippen LogP contribution is 2.63. The number of furan rings is 1. The van der Waals surface area contributed by atoms with Gasteiger partial charge in [0.15, 0.2) is 11.7 Å². The average molecular weight is 806 g/mol. The molecule has 0 N–H and O–H groups in total. The molecule has 63 heavy (non-hydrogen) atoms. The molecule has 4 nitrogen and oxygen atoms in total. The van der Waals surface area contributed by atoms with Gasteiger partial charge in [0.05, 0.1) is 12.0 Å². The van der Waals surface area contributed by atoms with Crippen molar-refractivity contribution < 1.29 is 4.42 Å². The first-order valence-corrected chi connectivity index (χ1v) is 21.4. The fourth-order valence-corrected chi connectivity index (χ4v) is 10.1. The Kier molecular flexibility index (Phi) is 8.58. The van der Waals surface area contributed by atoms with Crippen molar-refractivity contribution in [2.75, 3.05) is 0 Å². The lowest BCUT2D eigenvalue weighted by atomic mass is 9.70. The van der Waals surface area contributed by atoms with Crippen molar-refractivity contribution in [3.63, 3.8) is 0 Å². The Hall–Kier alpha value is -8.21. The van der Waals surface area contributed by atoms with Crippen molar-refractivity contribution in [3.8, 4) is 44.5 Å². The zero-order valence-corrected chi connectivity index (χ0v) is 34.4. The van der Waals surface area contributed by atoms with Gasteiger partial charge in [-0.25, -0.2) is 9.98 Å². The van der Waals surface area contributed by atoms with Crippen molar-refractivity contribution in [1.82, 2.24) is 0 Å². The van der Waals surface area contributed by atoms with Crippen LogP contribution in [-0.2, 0) is 12.0 Å². The monoisotopic (exact) mass is 805 g/mol. The van der Waals surface area contributed by atoms with Gasteiger partial charge in [-0.1, -0.05) is 188 Å². The maximum absolute atomic E-state index is 6.55. The van der Waals surface area contributed by atoms with Crippen molar-refractivity contribution in [2.24, 2.45) is 15.0 Å². The van der Waals surface area contributed by atoms with Gasteiger partial charge in [-0.3, -0.25) is 4.99 Å². The molecule has 0 amide bonds. The van der Waals surface area contributed by atoms with Crippen LogP contribution in [0.25, 0.3) is 66.4 Å². The van der Waals surface area contributed by atoms with Gasteiger partial charge < -0.3 is 4.42 Å². The van der Waals surface area contributed by atoms with Crippen LogP contribution in [0.2, 0.25) is 0 Å². The summed E-state index contributed by atoms with van der Waals surface area (Å²) < 4.78 is 6.55. The lowest BCUT2D eigenvalue weighted by Gasteiger charge is -2.30. The number of amidine groups is 2. The van der Waals surface area contributed by atoms with Gasteiger partial charge in [0.2, 0.25) is 0 Å². The zero-order chi connectivity index (χ0) is 41.9. The molecule has 296 valence electrons. The average Bonchev–Trinajstić information content (AvgIpc) is 3.98. The number of fused-ring (bicyclic) bond motifs is 13. The van der Waals surface area contributed by atoms with Gasteiger partial charge in [0.25, 0.3) is 0 Å². The van der Waals surface area contributed by atoms with E-state index in [4.69, 9.17) is 14.4 Å². The minimum atomic E-state index is -0.419. The van der Waals surface area contributed by atoms with E-state index in [9.17, 15) is 0 Å².